The van der Waals surface area contributed by atoms with E-state index >= 15 is 0 Å². The summed E-state index contributed by atoms with van der Waals surface area (Å²) in [4.78, 5) is 14.5. The molecule has 2 aromatic carbocycles. The summed E-state index contributed by atoms with van der Waals surface area (Å²) in [6.45, 7) is 5.71. The summed E-state index contributed by atoms with van der Waals surface area (Å²) in [7, 11) is 0. The van der Waals surface area contributed by atoms with Crippen LogP contribution in [0.1, 0.15) is 22.8 Å². The Morgan fingerprint density at radius 2 is 1.64 bits per heavy atom. The molecule has 0 amide bonds. The Kier molecular flexibility index (Phi) is 5.99. The third kappa shape index (κ3) is 4.34. The largest absolute Gasteiger partial charge is 0.289 e. The molecule has 0 N–H and O–H groups in total. The molecule has 0 bridgehead atoms. The minimum Gasteiger partial charge on any atom is -0.289 e. The highest BCUT2D eigenvalue weighted by atomic mass is 32.2. The minimum atomic E-state index is 0.0486. The van der Waals surface area contributed by atoms with Gasteiger partial charge in [0, 0.05) is 20.9 Å². The van der Waals surface area contributed by atoms with Crippen molar-refractivity contribution in [3.63, 3.8) is 0 Å². The predicted octanol–water partition coefficient (Wildman–Crippen LogP) is 5.66. The highest BCUT2D eigenvalue weighted by Crippen LogP contribution is 2.28. The van der Waals surface area contributed by atoms with Gasteiger partial charge in [0.05, 0.1) is 0 Å². The Bertz CT molecular complexity index is 694. The smallest absolute Gasteiger partial charge is 0.193 e. The molecule has 0 fully saturated rings. The zero-order chi connectivity index (χ0) is 15.8. The molecular formula is C20H18OS. The van der Waals surface area contributed by atoms with E-state index in [1.165, 1.54) is 0 Å². The van der Waals surface area contributed by atoms with Crippen LogP contribution in [0, 0.1) is 0 Å². The number of allylic oxidation sites excluding steroid dienone is 4. The zero-order valence-corrected chi connectivity index (χ0v) is 13.3. The van der Waals surface area contributed by atoms with E-state index in [-0.39, 0.29) is 5.78 Å². The zero-order valence-electron chi connectivity index (χ0n) is 12.5. The topological polar surface area (TPSA) is 17.1 Å². The van der Waals surface area contributed by atoms with E-state index in [1.807, 2.05) is 79.7 Å². The summed E-state index contributed by atoms with van der Waals surface area (Å²) < 4.78 is 0. The van der Waals surface area contributed by atoms with Crippen LogP contribution in [0.15, 0.2) is 95.3 Å². The fraction of sp³-hybridized carbons (Fsp3) is 0.0500. The molecule has 0 aliphatic carbocycles. The number of hydrogen-bond donors (Lipinski definition) is 0. The predicted molar refractivity (Wildman–Crippen MR) is 95.3 cm³/mol. The Labute approximate surface area is 136 Å². The maximum absolute atomic E-state index is 12.3. The summed E-state index contributed by atoms with van der Waals surface area (Å²) in [5, 5.41) is 0. The van der Waals surface area contributed by atoms with Gasteiger partial charge >= 0.3 is 0 Å². The molecule has 0 atom stereocenters. The molecule has 0 spiro atoms. The van der Waals surface area contributed by atoms with E-state index in [0.29, 0.717) is 11.1 Å². The third-order valence-corrected chi connectivity index (χ3v) is 4.02. The van der Waals surface area contributed by atoms with Gasteiger partial charge in [0.1, 0.15) is 0 Å². The normalized spacial score (nSPS) is 11.6. The van der Waals surface area contributed by atoms with Crippen LogP contribution < -0.4 is 0 Å². The number of benzene rings is 2. The maximum atomic E-state index is 12.3. The molecule has 2 heteroatoms. The lowest BCUT2D eigenvalue weighted by atomic mass is 10.0. The van der Waals surface area contributed by atoms with Crippen molar-refractivity contribution in [2.24, 2.45) is 0 Å². The second-order valence-electron chi connectivity index (χ2n) is 4.63. The van der Waals surface area contributed by atoms with Crippen LogP contribution in [0.3, 0.4) is 0 Å². The molecule has 110 valence electrons. The van der Waals surface area contributed by atoms with E-state index in [2.05, 4.69) is 6.58 Å². The van der Waals surface area contributed by atoms with Crippen molar-refractivity contribution in [1.82, 2.24) is 0 Å². The minimum absolute atomic E-state index is 0.0486. The van der Waals surface area contributed by atoms with Crippen molar-refractivity contribution in [3.05, 3.63) is 102 Å². The number of carbonyl (C=O) groups excluding carboxylic acids is 1. The third-order valence-electron chi connectivity index (χ3n) is 3.00. The Morgan fingerprint density at radius 1 is 1.00 bits per heavy atom. The van der Waals surface area contributed by atoms with Gasteiger partial charge in [0.25, 0.3) is 0 Å². The first-order valence-corrected chi connectivity index (χ1v) is 7.89. The first-order valence-electron chi connectivity index (χ1n) is 7.07. The van der Waals surface area contributed by atoms with Crippen LogP contribution in [-0.4, -0.2) is 5.78 Å². The molecule has 0 saturated heterocycles. The van der Waals surface area contributed by atoms with Gasteiger partial charge in [-0.3, -0.25) is 4.79 Å². The van der Waals surface area contributed by atoms with E-state index < -0.39 is 0 Å². The molecule has 0 radical (unpaired) electrons. The van der Waals surface area contributed by atoms with Gasteiger partial charge in [-0.05, 0) is 37.3 Å². The van der Waals surface area contributed by atoms with Gasteiger partial charge in [0.2, 0.25) is 0 Å². The monoisotopic (exact) mass is 306 g/mol. The molecule has 2 aromatic rings. The lowest BCUT2D eigenvalue weighted by Gasteiger charge is -2.04. The van der Waals surface area contributed by atoms with E-state index in [4.69, 9.17) is 0 Å². The van der Waals surface area contributed by atoms with Crippen molar-refractivity contribution < 1.29 is 4.79 Å². The van der Waals surface area contributed by atoms with Gasteiger partial charge in [-0.2, -0.15) is 0 Å². The second kappa shape index (κ2) is 8.20. The number of hydrogen-bond acceptors (Lipinski definition) is 2. The lowest BCUT2D eigenvalue weighted by Crippen LogP contribution is -2.00. The van der Waals surface area contributed by atoms with Crippen LogP contribution in [0.2, 0.25) is 0 Å². The van der Waals surface area contributed by atoms with Crippen LogP contribution in [0.25, 0.3) is 0 Å². The van der Waals surface area contributed by atoms with Crippen molar-refractivity contribution in [1.29, 1.82) is 0 Å². The average molecular weight is 306 g/mol. The van der Waals surface area contributed by atoms with Crippen LogP contribution >= 0.6 is 11.8 Å². The van der Waals surface area contributed by atoms with Gasteiger partial charge in [0.15, 0.2) is 5.78 Å². The van der Waals surface area contributed by atoms with Gasteiger partial charge in [-0.15, -0.1) is 0 Å². The van der Waals surface area contributed by atoms with Crippen molar-refractivity contribution in [3.8, 4) is 0 Å². The van der Waals surface area contributed by atoms with E-state index in [9.17, 15) is 4.79 Å². The summed E-state index contributed by atoms with van der Waals surface area (Å²) in [5.41, 5.74) is 1.42. The standard InChI is InChI=1S/C20H18OS/c1-3-8-18(9-4-2)22-19-14-12-17(13-15-19)20(21)16-10-6-5-7-11-16/h3-15H,1H2,2H3/b9-4-,18-8+. The first-order chi connectivity index (χ1) is 10.7. The van der Waals surface area contributed by atoms with Gasteiger partial charge in [-0.1, -0.05) is 66.9 Å². The second-order valence-corrected chi connectivity index (χ2v) is 5.77. The number of rotatable bonds is 6. The molecule has 22 heavy (non-hydrogen) atoms. The van der Waals surface area contributed by atoms with Gasteiger partial charge < -0.3 is 0 Å². The quantitative estimate of drug-likeness (QED) is 0.389. The number of ketones is 1. The Morgan fingerprint density at radius 3 is 2.23 bits per heavy atom. The average Bonchev–Trinajstić information content (AvgIpc) is 2.56. The highest BCUT2D eigenvalue weighted by Gasteiger charge is 2.08. The molecule has 0 aromatic heterocycles. The Balaban J connectivity index is 2.15. The molecular weight excluding hydrogens is 288 g/mol. The molecule has 2 rings (SSSR count). The van der Waals surface area contributed by atoms with E-state index in [0.717, 1.165) is 9.80 Å². The summed E-state index contributed by atoms with van der Waals surface area (Å²) >= 11 is 1.65. The van der Waals surface area contributed by atoms with Crippen molar-refractivity contribution in [2.45, 2.75) is 11.8 Å². The molecule has 0 aliphatic heterocycles. The van der Waals surface area contributed by atoms with Crippen LogP contribution in [0.5, 0.6) is 0 Å². The molecule has 0 aliphatic rings. The van der Waals surface area contributed by atoms with Crippen molar-refractivity contribution >= 4 is 17.5 Å². The number of thioether (sulfide) groups is 1. The highest BCUT2D eigenvalue weighted by molar-refractivity contribution is 8.03. The molecule has 0 heterocycles. The molecule has 1 nitrogen and oxygen atoms in total. The Hall–Kier alpha value is -2.32. The summed E-state index contributed by atoms with van der Waals surface area (Å²) in [6, 6.07) is 17.0. The maximum Gasteiger partial charge on any atom is 0.193 e. The van der Waals surface area contributed by atoms with E-state index in [1.54, 1.807) is 17.8 Å². The van der Waals surface area contributed by atoms with Crippen molar-refractivity contribution in [2.75, 3.05) is 0 Å². The number of carbonyl (C=O) groups is 1. The van der Waals surface area contributed by atoms with Crippen LogP contribution in [-0.2, 0) is 0 Å². The lowest BCUT2D eigenvalue weighted by molar-refractivity contribution is 0.103. The molecule has 0 saturated carbocycles. The SMILES string of the molecule is C=C/C=C(\C=C/C)Sc1ccc(C(=O)c2ccccc2)cc1. The first kappa shape index (κ1) is 16.1. The fourth-order valence-corrected chi connectivity index (χ4v) is 2.88. The fourth-order valence-electron chi connectivity index (χ4n) is 1.97. The summed E-state index contributed by atoms with van der Waals surface area (Å²) in [6.07, 6.45) is 7.77. The van der Waals surface area contributed by atoms with Gasteiger partial charge in [-0.25, -0.2) is 0 Å². The summed E-state index contributed by atoms with van der Waals surface area (Å²) in [5.74, 6) is 0.0486. The van der Waals surface area contributed by atoms with Crippen LogP contribution in [0.4, 0.5) is 0 Å². The molecule has 0 unspecified atom stereocenters.